The predicted octanol–water partition coefficient (Wildman–Crippen LogP) is -1.60. The molecule has 0 aromatic rings. The van der Waals surface area contributed by atoms with Crippen LogP contribution in [0.2, 0.25) is 0 Å². The van der Waals surface area contributed by atoms with Crippen LogP contribution in [0, 0.1) is 0 Å². The molecule has 0 aromatic heterocycles. The molecule has 0 saturated heterocycles. The number of carbonyl (C=O) groups is 4. The molecule has 2 amide bonds. The van der Waals surface area contributed by atoms with E-state index in [-0.39, 0.29) is 18.6 Å². The molecule has 0 aliphatic heterocycles. The van der Waals surface area contributed by atoms with Gasteiger partial charge in [-0.1, -0.05) is 0 Å². The molecule has 0 bridgehead atoms. The van der Waals surface area contributed by atoms with E-state index in [0.29, 0.717) is 0 Å². The molecule has 2 atom stereocenters. The zero-order valence-electron chi connectivity index (χ0n) is 12.4. The van der Waals surface area contributed by atoms with Crippen molar-refractivity contribution in [3.05, 3.63) is 0 Å². The lowest BCUT2D eigenvalue weighted by atomic mass is 10.1. The fraction of sp³-hybridized carbons (Fsp3) is 0.667. The van der Waals surface area contributed by atoms with Crippen LogP contribution in [0.3, 0.4) is 0 Å². The number of carbonyl (C=O) groups excluding carboxylic acids is 2. The van der Waals surface area contributed by atoms with Gasteiger partial charge in [0.25, 0.3) is 0 Å². The number of nitrogens with zero attached hydrogens (tertiary/aromatic N) is 1. The third kappa shape index (κ3) is 7.84. The number of thiol groups is 1. The van der Waals surface area contributed by atoms with Crippen LogP contribution >= 0.6 is 12.6 Å². The molecule has 10 heteroatoms. The number of carboxylic acid groups (broad SMARTS) is 2. The Bertz CT molecular complexity index is 429. The molecule has 4 N–H and O–H groups in total. The Hall–Kier alpha value is -1.81. The van der Waals surface area contributed by atoms with Crippen molar-refractivity contribution in [1.29, 1.82) is 0 Å². The maximum atomic E-state index is 11.8. The van der Waals surface area contributed by atoms with E-state index in [1.165, 1.54) is 4.90 Å². The molecule has 22 heavy (non-hydrogen) atoms. The number of rotatable bonds is 10. The number of hydrogen-bond donors (Lipinski definition) is 5. The first-order chi connectivity index (χ1) is 10.2. The molecule has 0 rings (SSSR count). The maximum Gasteiger partial charge on any atom is 0.322 e. The average Bonchev–Trinajstić information content (AvgIpc) is 2.41. The number of likely N-dealkylation sites (N-methyl/N-ethyl adjacent to an activating group) is 1. The van der Waals surface area contributed by atoms with Gasteiger partial charge in [-0.15, -0.1) is 0 Å². The SMILES string of the molecule is CN(C)C(CCC(=O)NC(CS)C(=O)NCC(=O)O)C(=O)O. The van der Waals surface area contributed by atoms with Gasteiger partial charge < -0.3 is 20.8 Å². The van der Waals surface area contributed by atoms with E-state index in [9.17, 15) is 19.2 Å². The zero-order valence-corrected chi connectivity index (χ0v) is 13.3. The quantitative estimate of drug-likeness (QED) is 0.303. The number of aliphatic carboxylic acids is 2. The van der Waals surface area contributed by atoms with Crippen LogP contribution < -0.4 is 10.6 Å². The highest BCUT2D eigenvalue weighted by Gasteiger charge is 2.23. The summed E-state index contributed by atoms with van der Waals surface area (Å²) in [6, 6.07) is -1.78. The zero-order chi connectivity index (χ0) is 17.3. The summed E-state index contributed by atoms with van der Waals surface area (Å²) >= 11 is 3.92. The van der Waals surface area contributed by atoms with Crippen LogP contribution in [0.1, 0.15) is 12.8 Å². The highest BCUT2D eigenvalue weighted by Crippen LogP contribution is 2.04. The topological polar surface area (TPSA) is 136 Å². The molecule has 0 fully saturated rings. The van der Waals surface area contributed by atoms with E-state index >= 15 is 0 Å². The maximum absolute atomic E-state index is 11.8. The van der Waals surface area contributed by atoms with Crippen molar-refractivity contribution in [3.8, 4) is 0 Å². The predicted molar refractivity (Wildman–Crippen MR) is 80.8 cm³/mol. The highest BCUT2D eigenvalue weighted by molar-refractivity contribution is 7.80. The number of hydrogen-bond acceptors (Lipinski definition) is 6. The summed E-state index contributed by atoms with van der Waals surface area (Å²) in [5, 5.41) is 22.0. The second-order valence-corrected chi connectivity index (χ2v) is 5.14. The molecule has 0 saturated carbocycles. The van der Waals surface area contributed by atoms with Crippen LogP contribution in [0.5, 0.6) is 0 Å². The van der Waals surface area contributed by atoms with E-state index in [0.717, 1.165) is 0 Å². The van der Waals surface area contributed by atoms with Crippen LogP contribution in [-0.2, 0) is 19.2 Å². The molecule has 9 nitrogen and oxygen atoms in total. The third-order valence-electron chi connectivity index (χ3n) is 2.80. The lowest BCUT2D eigenvalue weighted by Gasteiger charge is -2.20. The molecular formula is C12H21N3O6S. The summed E-state index contributed by atoms with van der Waals surface area (Å²) in [5.41, 5.74) is 0. The average molecular weight is 335 g/mol. The van der Waals surface area contributed by atoms with Crippen molar-refractivity contribution in [1.82, 2.24) is 15.5 Å². The smallest absolute Gasteiger partial charge is 0.322 e. The summed E-state index contributed by atoms with van der Waals surface area (Å²) in [5.74, 6) is -3.41. The molecule has 0 aliphatic rings. The number of nitrogens with one attached hydrogen (secondary N) is 2. The van der Waals surface area contributed by atoms with Crippen LogP contribution in [0.25, 0.3) is 0 Å². The van der Waals surface area contributed by atoms with E-state index < -0.39 is 42.4 Å². The monoisotopic (exact) mass is 335 g/mol. The largest absolute Gasteiger partial charge is 0.480 e. The van der Waals surface area contributed by atoms with Gasteiger partial charge in [-0.3, -0.25) is 24.1 Å². The van der Waals surface area contributed by atoms with Gasteiger partial charge in [0.1, 0.15) is 18.6 Å². The Morgan fingerprint density at radius 1 is 1.18 bits per heavy atom. The Labute approximate surface area is 133 Å². The second-order valence-electron chi connectivity index (χ2n) is 4.77. The van der Waals surface area contributed by atoms with Gasteiger partial charge in [0, 0.05) is 12.2 Å². The molecule has 0 radical (unpaired) electrons. The van der Waals surface area contributed by atoms with Gasteiger partial charge >= 0.3 is 11.9 Å². The first kappa shape index (κ1) is 20.2. The molecule has 0 spiro atoms. The van der Waals surface area contributed by atoms with Crippen LogP contribution in [0.15, 0.2) is 0 Å². The van der Waals surface area contributed by atoms with Gasteiger partial charge in [-0.25, -0.2) is 0 Å². The minimum atomic E-state index is -1.20. The highest BCUT2D eigenvalue weighted by atomic mass is 32.1. The van der Waals surface area contributed by atoms with Crippen LogP contribution in [-0.4, -0.2) is 77.3 Å². The number of carboxylic acids is 2. The first-order valence-corrected chi connectivity index (χ1v) is 7.11. The van der Waals surface area contributed by atoms with E-state index in [2.05, 4.69) is 23.3 Å². The Kier molecular flexibility index (Phi) is 9.18. The Morgan fingerprint density at radius 2 is 1.77 bits per heavy atom. The molecule has 0 heterocycles. The summed E-state index contributed by atoms with van der Waals surface area (Å²) in [6.45, 7) is -0.555. The lowest BCUT2D eigenvalue weighted by Crippen LogP contribution is -2.49. The number of amides is 2. The van der Waals surface area contributed by atoms with Gasteiger partial charge in [-0.2, -0.15) is 12.6 Å². The normalized spacial score (nSPS) is 13.3. The standard InChI is InChI=1S/C12H21N3O6S/c1-15(2)8(12(20)21)3-4-9(16)14-7(6-22)11(19)13-5-10(17)18/h7-8,22H,3-6H2,1-2H3,(H,13,19)(H,14,16)(H,17,18)(H,20,21). The molecular weight excluding hydrogens is 314 g/mol. The lowest BCUT2D eigenvalue weighted by molar-refractivity contribution is -0.142. The van der Waals surface area contributed by atoms with Crippen molar-refractivity contribution in [2.45, 2.75) is 24.9 Å². The fourth-order valence-corrected chi connectivity index (χ4v) is 1.87. The minimum Gasteiger partial charge on any atom is -0.480 e. The van der Waals surface area contributed by atoms with Gasteiger partial charge in [0.15, 0.2) is 0 Å². The summed E-state index contributed by atoms with van der Waals surface area (Å²) in [4.78, 5) is 46.2. The van der Waals surface area contributed by atoms with Crippen molar-refractivity contribution in [2.24, 2.45) is 0 Å². The third-order valence-corrected chi connectivity index (χ3v) is 3.17. The fourth-order valence-electron chi connectivity index (χ4n) is 1.62. The van der Waals surface area contributed by atoms with E-state index in [1.807, 2.05) is 0 Å². The van der Waals surface area contributed by atoms with E-state index in [1.54, 1.807) is 14.1 Å². The molecule has 126 valence electrons. The minimum absolute atomic E-state index is 0.00671. The Balaban J connectivity index is 4.39. The van der Waals surface area contributed by atoms with Crippen molar-refractivity contribution in [3.63, 3.8) is 0 Å². The van der Waals surface area contributed by atoms with Gasteiger partial charge in [0.2, 0.25) is 11.8 Å². The van der Waals surface area contributed by atoms with Gasteiger partial charge in [0.05, 0.1) is 0 Å². The van der Waals surface area contributed by atoms with Crippen LogP contribution in [0.4, 0.5) is 0 Å². The second kappa shape index (κ2) is 10.0. The van der Waals surface area contributed by atoms with Gasteiger partial charge in [-0.05, 0) is 20.5 Å². The molecule has 2 unspecified atom stereocenters. The summed E-state index contributed by atoms with van der Waals surface area (Å²) in [6.07, 6.45) is 0.00976. The molecule has 0 aromatic carbocycles. The van der Waals surface area contributed by atoms with Crippen molar-refractivity contribution < 1.29 is 29.4 Å². The Morgan fingerprint density at radius 3 is 2.18 bits per heavy atom. The summed E-state index contributed by atoms with van der Waals surface area (Å²) < 4.78 is 0. The van der Waals surface area contributed by atoms with E-state index in [4.69, 9.17) is 10.2 Å². The molecule has 0 aliphatic carbocycles. The van der Waals surface area contributed by atoms with Crippen molar-refractivity contribution in [2.75, 3.05) is 26.4 Å². The summed E-state index contributed by atoms with van der Waals surface area (Å²) in [7, 11) is 3.18. The first-order valence-electron chi connectivity index (χ1n) is 6.48. The van der Waals surface area contributed by atoms with Crippen molar-refractivity contribution >= 4 is 36.4 Å².